The second kappa shape index (κ2) is 8.63. The zero-order valence-electron chi connectivity index (χ0n) is 11.4. The molecule has 0 aromatic heterocycles. The lowest BCUT2D eigenvalue weighted by molar-refractivity contribution is -0.131. The summed E-state index contributed by atoms with van der Waals surface area (Å²) < 4.78 is 0. The molecular weight excluding hydrogens is 234 g/mol. The summed E-state index contributed by atoms with van der Waals surface area (Å²) in [6.45, 7) is 5.50. The highest BCUT2D eigenvalue weighted by Crippen LogP contribution is 2.08. The highest BCUT2D eigenvalue weighted by molar-refractivity contribution is 5.90. The van der Waals surface area contributed by atoms with Crippen LogP contribution in [0.3, 0.4) is 0 Å². The summed E-state index contributed by atoms with van der Waals surface area (Å²) in [6, 6.07) is -0.978. The van der Waals surface area contributed by atoms with Gasteiger partial charge in [-0.2, -0.15) is 0 Å². The van der Waals surface area contributed by atoms with E-state index in [4.69, 9.17) is 0 Å². The van der Waals surface area contributed by atoms with Crippen molar-refractivity contribution in [2.75, 3.05) is 13.6 Å². The summed E-state index contributed by atoms with van der Waals surface area (Å²) in [5.41, 5.74) is 0. The normalized spacial score (nSPS) is 15.3. The maximum Gasteiger partial charge on any atom is 0.243 e. The smallest absolute Gasteiger partial charge is 0.243 e. The summed E-state index contributed by atoms with van der Waals surface area (Å²) in [6.07, 6.45) is 1.37. The van der Waals surface area contributed by atoms with Crippen molar-refractivity contribution in [3.05, 3.63) is 0 Å². The minimum absolute atomic E-state index is 0.00431. The van der Waals surface area contributed by atoms with Crippen molar-refractivity contribution < 1.29 is 14.4 Å². The number of carbonyl (C=O) groups is 3. The average molecular weight is 257 g/mol. The largest absolute Gasteiger partial charge is 0.348 e. The van der Waals surface area contributed by atoms with Gasteiger partial charge in [0.2, 0.25) is 11.8 Å². The molecule has 6 heteroatoms. The van der Waals surface area contributed by atoms with Crippen molar-refractivity contribution in [3.8, 4) is 0 Å². The first-order valence-electron chi connectivity index (χ1n) is 6.16. The van der Waals surface area contributed by atoms with Crippen LogP contribution in [-0.2, 0) is 14.4 Å². The van der Waals surface area contributed by atoms with Crippen molar-refractivity contribution in [1.29, 1.82) is 0 Å². The number of rotatable bonds is 8. The van der Waals surface area contributed by atoms with E-state index < -0.39 is 6.04 Å². The number of carbonyl (C=O) groups excluding carboxylic acids is 3. The third-order valence-electron chi connectivity index (χ3n) is 2.98. The van der Waals surface area contributed by atoms with Crippen LogP contribution in [0, 0.1) is 5.92 Å². The summed E-state index contributed by atoms with van der Waals surface area (Å²) >= 11 is 0. The van der Waals surface area contributed by atoms with E-state index >= 15 is 0 Å². The maximum absolute atomic E-state index is 11.8. The molecule has 0 radical (unpaired) electrons. The summed E-state index contributed by atoms with van der Waals surface area (Å²) in [7, 11) is 1.68. The third-order valence-corrected chi connectivity index (χ3v) is 2.98. The Balaban J connectivity index is 4.63. The molecule has 0 rings (SSSR count). The molecule has 0 heterocycles. The molecule has 104 valence electrons. The molecule has 3 N–H and O–H groups in total. The van der Waals surface area contributed by atoms with E-state index in [0.29, 0.717) is 6.29 Å². The van der Waals surface area contributed by atoms with Crippen molar-refractivity contribution in [2.24, 2.45) is 5.92 Å². The van der Waals surface area contributed by atoms with Gasteiger partial charge < -0.3 is 20.7 Å². The molecule has 0 aromatic rings. The van der Waals surface area contributed by atoms with Gasteiger partial charge in [-0.05, 0) is 19.9 Å². The predicted molar refractivity (Wildman–Crippen MR) is 69.0 cm³/mol. The average Bonchev–Trinajstić information content (AvgIpc) is 2.39. The van der Waals surface area contributed by atoms with Crippen LogP contribution in [0.25, 0.3) is 0 Å². The maximum atomic E-state index is 11.8. The molecule has 0 bridgehead atoms. The summed E-state index contributed by atoms with van der Waals surface area (Å²) in [5, 5.41) is 7.97. The van der Waals surface area contributed by atoms with Gasteiger partial charge in [0.05, 0.1) is 12.6 Å². The zero-order chi connectivity index (χ0) is 14.1. The number of amides is 2. The SMILES string of the molecule is CCC(C)C(NC(=O)C(C)NC)C(=O)NCC=O. The van der Waals surface area contributed by atoms with Crippen LogP contribution in [-0.4, -0.2) is 43.8 Å². The summed E-state index contributed by atoms with van der Waals surface area (Å²) in [4.78, 5) is 33.8. The molecule has 6 nitrogen and oxygen atoms in total. The number of likely N-dealkylation sites (N-methyl/N-ethyl adjacent to an activating group) is 1. The first kappa shape index (κ1) is 16.6. The van der Waals surface area contributed by atoms with Crippen LogP contribution in [0.15, 0.2) is 0 Å². The standard InChI is InChI=1S/C12H23N3O3/c1-5-8(2)10(12(18)14-6-7-16)15-11(17)9(3)13-4/h7-10,13H,5-6H2,1-4H3,(H,14,18)(H,15,17). The topological polar surface area (TPSA) is 87.3 Å². The van der Waals surface area contributed by atoms with Gasteiger partial charge in [-0.3, -0.25) is 9.59 Å². The molecule has 0 fully saturated rings. The predicted octanol–water partition coefficient (Wildman–Crippen LogP) is -0.560. The highest BCUT2D eigenvalue weighted by atomic mass is 16.2. The number of hydrogen-bond acceptors (Lipinski definition) is 4. The van der Waals surface area contributed by atoms with E-state index in [1.165, 1.54) is 0 Å². The van der Waals surface area contributed by atoms with Crippen molar-refractivity contribution in [1.82, 2.24) is 16.0 Å². The lowest BCUT2D eigenvalue weighted by Gasteiger charge is -2.24. The van der Waals surface area contributed by atoms with Crippen LogP contribution >= 0.6 is 0 Å². The number of hydrogen-bond donors (Lipinski definition) is 3. The Labute approximate surface area is 108 Å². The Hall–Kier alpha value is -1.43. The lowest BCUT2D eigenvalue weighted by Crippen LogP contribution is -2.54. The van der Waals surface area contributed by atoms with Crippen LogP contribution in [0.4, 0.5) is 0 Å². The fourth-order valence-corrected chi connectivity index (χ4v) is 1.36. The van der Waals surface area contributed by atoms with Crippen LogP contribution in [0.2, 0.25) is 0 Å². The van der Waals surface area contributed by atoms with Crippen LogP contribution in [0.5, 0.6) is 0 Å². The van der Waals surface area contributed by atoms with Crippen LogP contribution < -0.4 is 16.0 Å². The van der Waals surface area contributed by atoms with Crippen molar-refractivity contribution in [2.45, 2.75) is 39.3 Å². The zero-order valence-corrected chi connectivity index (χ0v) is 11.4. The molecule has 0 aromatic carbocycles. The van der Waals surface area contributed by atoms with E-state index in [-0.39, 0.29) is 30.3 Å². The van der Waals surface area contributed by atoms with Gasteiger partial charge in [-0.1, -0.05) is 20.3 Å². The van der Waals surface area contributed by atoms with Gasteiger partial charge in [0.15, 0.2) is 0 Å². The summed E-state index contributed by atoms with van der Waals surface area (Å²) in [5.74, 6) is -0.554. The Kier molecular flexibility index (Phi) is 7.94. The Morgan fingerprint density at radius 2 is 1.83 bits per heavy atom. The number of nitrogens with one attached hydrogen (secondary N) is 3. The first-order chi connectivity index (χ1) is 8.47. The van der Waals surface area contributed by atoms with Crippen molar-refractivity contribution >= 4 is 18.1 Å². The van der Waals surface area contributed by atoms with Gasteiger partial charge >= 0.3 is 0 Å². The fraction of sp³-hybridized carbons (Fsp3) is 0.750. The molecule has 0 spiro atoms. The van der Waals surface area contributed by atoms with Gasteiger partial charge in [0.1, 0.15) is 12.3 Å². The highest BCUT2D eigenvalue weighted by Gasteiger charge is 2.26. The molecule has 2 amide bonds. The molecule has 3 atom stereocenters. The molecule has 0 aliphatic carbocycles. The van der Waals surface area contributed by atoms with E-state index in [2.05, 4.69) is 16.0 Å². The molecule has 3 unspecified atom stereocenters. The van der Waals surface area contributed by atoms with E-state index in [0.717, 1.165) is 6.42 Å². The molecule has 18 heavy (non-hydrogen) atoms. The molecule has 0 aliphatic heterocycles. The van der Waals surface area contributed by atoms with E-state index in [1.807, 2.05) is 13.8 Å². The fourth-order valence-electron chi connectivity index (χ4n) is 1.36. The van der Waals surface area contributed by atoms with Gasteiger partial charge in [0.25, 0.3) is 0 Å². The monoisotopic (exact) mass is 257 g/mol. The van der Waals surface area contributed by atoms with E-state index in [1.54, 1.807) is 14.0 Å². The Morgan fingerprint density at radius 3 is 2.28 bits per heavy atom. The molecule has 0 aliphatic rings. The van der Waals surface area contributed by atoms with Crippen LogP contribution in [0.1, 0.15) is 27.2 Å². The van der Waals surface area contributed by atoms with Gasteiger partial charge in [-0.25, -0.2) is 0 Å². The van der Waals surface area contributed by atoms with Gasteiger partial charge in [-0.15, -0.1) is 0 Å². The van der Waals surface area contributed by atoms with E-state index in [9.17, 15) is 14.4 Å². The molecule has 0 saturated heterocycles. The lowest BCUT2D eigenvalue weighted by atomic mass is 9.98. The first-order valence-corrected chi connectivity index (χ1v) is 6.16. The second-order valence-electron chi connectivity index (χ2n) is 4.29. The molecular formula is C12H23N3O3. The minimum Gasteiger partial charge on any atom is -0.348 e. The Bertz CT molecular complexity index is 294. The number of aldehydes is 1. The Morgan fingerprint density at radius 1 is 1.22 bits per heavy atom. The third kappa shape index (κ3) is 5.27. The van der Waals surface area contributed by atoms with Crippen molar-refractivity contribution in [3.63, 3.8) is 0 Å². The quantitative estimate of drug-likeness (QED) is 0.509. The second-order valence-corrected chi connectivity index (χ2v) is 4.29. The molecule has 0 saturated carbocycles. The van der Waals surface area contributed by atoms with Gasteiger partial charge in [0, 0.05) is 0 Å². The minimum atomic E-state index is -0.613.